The lowest BCUT2D eigenvalue weighted by Crippen LogP contribution is -1.95. The Morgan fingerprint density at radius 3 is 2.90 bits per heavy atom. The smallest absolute Gasteiger partial charge is 0.177 e. The van der Waals surface area contributed by atoms with Gasteiger partial charge >= 0.3 is 0 Å². The number of aromatic hydroxyl groups is 1. The lowest BCUT2D eigenvalue weighted by molar-refractivity contribution is 0.0997. The van der Waals surface area contributed by atoms with Gasteiger partial charge in [-0.2, -0.15) is 0 Å². The summed E-state index contributed by atoms with van der Waals surface area (Å²) >= 11 is 1.47. The molecule has 1 aromatic heterocycles. The first-order chi connectivity index (χ1) is 9.72. The van der Waals surface area contributed by atoms with Crippen LogP contribution in [0.15, 0.2) is 60.2 Å². The molecule has 0 radical (unpaired) electrons. The second-order valence-corrected chi connectivity index (χ2v) is 5.82. The van der Waals surface area contributed by atoms with Crippen molar-refractivity contribution in [3.05, 3.63) is 65.1 Å². The number of rotatable bonds is 4. The quantitative estimate of drug-likeness (QED) is 0.833. The number of ketones is 1. The second-order valence-electron chi connectivity index (χ2n) is 4.73. The van der Waals surface area contributed by atoms with E-state index in [1.165, 1.54) is 11.3 Å². The molecule has 0 saturated carbocycles. The van der Waals surface area contributed by atoms with Gasteiger partial charge in [-0.15, -0.1) is 11.3 Å². The Kier molecular flexibility index (Phi) is 3.52. The number of phenols is 1. The first-order valence-corrected chi connectivity index (χ1v) is 7.32. The molecule has 0 amide bonds. The van der Waals surface area contributed by atoms with Gasteiger partial charge in [0.25, 0.3) is 0 Å². The minimum absolute atomic E-state index is 0.152. The van der Waals surface area contributed by atoms with E-state index in [9.17, 15) is 9.90 Å². The Balaban J connectivity index is 1.79. The van der Waals surface area contributed by atoms with E-state index in [0.29, 0.717) is 6.42 Å². The summed E-state index contributed by atoms with van der Waals surface area (Å²) in [6, 6.07) is 10.9. The Labute approximate surface area is 121 Å². The minimum Gasteiger partial charge on any atom is -0.508 e. The van der Waals surface area contributed by atoms with E-state index >= 15 is 0 Å². The molecule has 0 saturated heterocycles. The molecular weight excluding hydrogens is 268 g/mol. The number of benzene rings is 1. The number of carbonyl (C=O) groups is 1. The third-order valence-corrected chi connectivity index (χ3v) is 4.40. The largest absolute Gasteiger partial charge is 0.508 e. The van der Waals surface area contributed by atoms with Gasteiger partial charge in [0.1, 0.15) is 5.75 Å². The summed E-state index contributed by atoms with van der Waals surface area (Å²) in [5.74, 6) is 0.393. The molecular formula is C17H14O2S. The van der Waals surface area contributed by atoms with Gasteiger partial charge in [-0.05, 0) is 41.8 Å². The van der Waals surface area contributed by atoms with Crippen molar-refractivity contribution in [2.24, 2.45) is 0 Å². The molecule has 0 fully saturated rings. The van der Waals surface area contributed by atoms with Crippen molar-refractivity contribution in [2.75, 3.05) is 0 Å². The van der Waals surface area contributed by atoms with E-state index in [2.05, 4.69) is 12.2 Å². The van der Waals surface area contributed by atoms with Crippen molar-refractivity contribution in [3.63, 3.8) is 0 Å². The topological polar surface area (TPSA) is 37.3 Å². The van der Waals surface area contributed by atoms with E-state index in [1.54, 1.807) is 18.2 Å². The highest BCUT2D eigenvalue weighted by atomic mass is 32.1. The van der Waals surface area contributed by atoms with Crippen LogP contribution in [-0.4, -0.2) is 10.9 Å². The van der Waals surface area contributed by atoms with E-state index in [1.807, 2.05) is 24.3 Å². The molecule has 0 spiro atoms. The number of thiophene rings is 1. The van der Waals surface area contributed by atoms with Crippen molar-refractivity contribution in [1.29, 1.82) is 0 Å². The molecule has 1 aliphatic rings. The predicted octanol–water partition coefficient (Wildman–Crippen LogP) is 4.58. The molecule has 20 heavy (non-hydrogen) atoms. The van der Waals surface area contributed by atoms with Gasteiger partial charge in [0.05, 0.1) is 4.88 Å². The Bertz CT molecular complexity index is 707. The summed E-state index contributed by atoms with van der Waals surface area (Å²) in [5.41, 5.74) is 2.04. The number of allylic oxidation sites excluding steroid dienone is 4. The van der Waals surface area contributed by atoms with Gasteiger partial charge in [0.2, 0.25) is 0 Å². The lowest BCUT2D eigenvalue weighted by Gasteiger charge is -1.99. The molecule has 0 bridgehead atoms. The van der Waals surface area contributed by atoms with Crippen LogP contribution in [0.2, 0.25) is 0 Å². The summed E-state index contributed by atoms with van der Waals surface area (Å²) in [6.07, 6.45) is 7.57. The van der Waals surface area contributed by atoms with Crippen LogP contribution < -0.4 is 0 Å². The van der Waals surface area contributed by atoms with Gasteiger partial charge < -0.3 is 5.11 Å². The van der Waals surface area contributed by atoms with E-state index in [4.69, 9.17) is 0 Å². The van der Waals surface area contributed by atoms with Gasteiger partial charge in [-0.25, -0.2) is 0 Å². The van der Waals surface area contributed by atoms with Crippen LogP contribution in [0.25, 0.3) is 10.4 Å². The molecule has 1 aromatic carbocycles. The summed E-state index contributed by atoms with van der Waals surface area (Å²) in [4.78, 5) is 14.0. The fraction of sp³-hybridized carbons (Fsp3) is 0.118. The number of carbonyl (C=O) groups excluding carboxylic acids is 1. The standard InChI is InChI=1S/C17H14O2S/c18-14-7-3-6-13(11-14)16-8-9-17(20-16)15(19)10-12-4-1-2-5-12/h1,3-9,11,18H,2,10H2. The van der Waals surface area contributed by atoms with Crippen LogP contribution in [0.3, 0.4) is 0 Å². The molecule has 100 valence electrons. The second kappa shape index (κ2) is 5.47. The van der Waals surface area contributed by atoms with Gasteiger partial charge in [0, 0.05) is 11.3 Å². The van der Waals surface area contributed by atoms with Crippen LogP contribution in [0.1, 0.15) is 22.5 Å². The van der Waals surface area contributed by atoms with Crippen molar-refractivity contribution in [1.82, 2.24) is 0 Å². The highest BCUT2D eigenvalue weighted by Crippen LogP contribution is 2.31. The molecule has 1 aliphatic carbocycles. The predicted molar refractivity (Wildman–Crippen MR) is 82.2 cm³/mol. The Hall–Kier alpha value is -2.13. The van der Waals surface area contributed by atoms with Crippen molar-refractivity contribution in [2.45, 2.75) is 12.8 Å². The zero-order chi connectivity index (χ0) is 13.9. The first-order valence-electron chi connectivity index (χ1n) is 6.50. The highest BCUT2D eigenvalue weighted by Gasteiger charge is 2.12. The fourth-order valence-electron chi connectivity index (χ4n) is 2.21. The van der Waals surface area contributed by atoms with Crippen LogP contribution >= 0.6 is 11.3 Å². The van der Waals surface area contributed by atoms with Crippen molar-refractivity contribution < 1.29 is 9.90 Å². The average molecular weight is 282 g/mol. The monoisotopic (exact) mass is 282 g/mol. The molecule has 0 unspecified atom stereocenters. The van der Waals surface area contributed by atoms with E-state index in [0.717, 1.165) is 27.3 Å². The van der Waals surface area contributed by atoms with Crippen LogP contribution in [0.4, 0.5) is 0 Å². The maximum atomic E-state index is 12.2. The van der Waals surface area contributed by atoms with Crippen LogP contribution in [0.5, 0.6) is 5.75 Å². The lowest BCUT2D eigenvalue weighted by atomic mass is 10.1. The van der Waals surface area contributed by atoms with Gasteiger partial charge in [0.15, 0.2) is 5.78 Å². The summed E-state index contributed by atoms with van der Waals surface area (Å²) < 4.78 is 0. The van der Waals surface area contributed by atoms with Crippen LogP contribution in [0, 0.1) is 0 Å². The molecule has 2 nitrogen and oxygen atoms in total. The summed E-state index contributed by atoms with van der Waals surface area (Å²) in [5, 5.41) is 9.50. The summed E-state index contributed by atoms with van der Waals surface area (Å²) in [6.45, 7) is 0. The fourth-order valence-corrected chi connectivity index (χ4v) is 3.15. The SMILES string of the molecule is O=C(CC1=CCC=C1)c1ccc(-c2cccc(O)c2)s1. The highest BCUT2D eigenvalue weighted by molar-refractivity contribution is 7.17. The van der Waals surface area contributed by atoms with E-state index < -0.39 is 0 Å². The molecule has 2 aromatic rings. The number of phenolic OH excluding ortho intramolecular Hbond substituents is 1. The third-order valence-electron chi connectivity index (χ3n) is 3.22. The summed E-state index contributed by atoms with van der Waals surface area (Å²) in [7, 11) is 0. The Morgan fingerprint density at radius 1 is 1.25 bits per heavy atom. The molecule has 3 rings (SSSR count). The molecule has 1 N–H and O–H groups in total. The Morgan fingerprint density at radius 2 is 2.15 bits per heavy atom. The molecule has 0 atom stereocenters. The maximum Gasteiger partial charge on any atom is 0.177 e. The van der Waals surface area contributed by atoms with Crippen molar-refractivity contribution in [3.8, 4) is 16.2 Å². The van der Waals surface area contributed by atoms with Gasteiger partial charge in [-0.1, -0.05) is 30.4 Å². The number of Topliss-reactive ketones (excluding diaryl/α,β-unsaturated/α-hetero) is 1. The number of hydrogen-bond acceptors (Lipinski definition) is 3. The number of hydrogen-bond donors (Lipinski definition) is 1. The van der Waals surface area contributed by atoms with Crippen molar-refractivity contribution >= 4 is 17.1 Å². The van der Waals surface area contributed by atoms with E-state index in [-0.39, 0.29) is 11.5 Å². The maximum absolute atomic E-state index is 12.2. The first kappa shape index (κ1) is 12.9. The normalized spacial score (nSPS) is 13.5. The zero-order valence-corrected chi connectivity index (χ0v) is 11.7. The molecule has 3 heteroatoms. The van der Waals surface area contributed by atoms with Gasteiger partial charge in [-0.3, -0.25) is 4.79 Å². The molecule has 1 heterocycles. The van der Waals surface area contributed by atoms with Crippen LogP contribution in [-0.2, 0) is 0 Å². The third kappa shape index (κ3) is 2.73. The zero-order valence-electron chi connectivity index (χ0n) is 10.9. The minimum atomic E-state index is 0.152. The average Bonchev–Trinajstić information content (AvgIpc) is 3.09. The molecule has 0 aliphatic heterocycles.